The molecule has 1 amide bonds. The number of hydrogen-bond acceptors (Lipinski definition) is 4. The van der Waals surface area contributed by atoms with Gasteiger partial charge in [0.05, 0.1) is 6.54 Å². The molecule has 4 N–H and O–H groups in total. The summed E-state index contributed by atoms with van der Waals surface area (Å²) in [5.74, 6) is 0.754. The van der Waals surface area contributed by atoms with Gasteiger partial charge < -0.3 is 21.1 Å². The third kappa shape index (κ3) is 7.71. The Balaban J connectivity index is 0.00000320. The second-order valence-corrected chi connectivity index (χ2v) is 8.56. The van der Waals surface area contributed by atoms with Gasteiger partial charge in [0.15, 0.2) is 5.96 Å². The van der Waals surface area contributed by atoms with Gasteiger partial charge in [0.1, 0.15) is 5.75 Å². The summed E-state index contributed by atoms with van der Waals surface area (Å²) in [6, 6.07) is 16.7. The fourth-order valence-corrected chi connectivity index (χ4v) is 4.04. The summed E-state index contributed by atoms with van der Waals surface area (Å²) in [6.45, 7) is 4.64. The standard InChI is InChI=1S/C22H28N4O2S.HI/c1-2-23-21(25-15-14-24-20(28)17-8-10-18(27)11-9-17)26-16-22(12-13-22)29-19-6-4-3-5-7-19;/h3-11,27H,2,12-16H2,1H3,(H,24,28)(H2,23,25,26);1H. The van der Waals surface area contributed by atoms with E-state index in [1.165, 1.54) is 29.9 Å². The van der Waals surface area contributed by atoms with Crippen LogP contribution in [0.4, 0.5) is 0 Å². The maximum Gasteiger partial charge on any atom is 0.251 e. The van der Waals surface area contributed by atoms with E-state index in [0.717, 1.165) is 19.0 Å². The van der Waals surface area contributed by atoms with Crippen molar-refractivity contribution in [3.05, 3.63) is 60.2 Å². The lowest BCUT2D eigenvalue weighted by atomic mass is 10.2. The van der Waals surface area contributed by atoms with E-state index < -0.39 is 0 Å². The van der Waals surface area contributed by atoms with Crippen molar-refractivity contribution in [3.63, 3.8) is 0 Å². The molecule has 0 radical (unpaired) electrons. The molecule has 162 valence electrons. The van der Waals surface area contributed by atoms with E-state index in [1.54, 1.807) is 12.1 Å². The van der Waals surface area contributed by atoms with Crippen molar-refractivity contribution >= 4 is 47.6 Å². The Labute approximate surface area is 199 Å². The minimum atomic E-state index is -0.162. The van der Waals surface area contributed by atoms with E-state index in [1.807, 2.05) is 24.8 Å². The van der Waals surface area contributed by atoms with Crippen LogP contribution in [0.2, 0.25) is 0 Å². The highest BCUT2D eigenvalue weighted by atomic mass is 127. The maximum absolute atomic E-state index is 12.1. The summed E-state index contributed by atoms with van der Waals surface area (Å²) in [6.07, 6.45) is 2.36. The molecule has 0 aliphatic heterocycles. The maximum atomic E-state index is 12.1. The molecule has 1 fully saturated rings. The van der Waals surface area contributed by atoms with Gasteiger partial charge in [-0.2, -0.15) is 0 Å². The van der Waals surface area contributed by atoms with Crippen LogP contribution < -0.4 is 16.0 Å². The number of nitrogens with zero attached hydrogens (tertiary/aromatic N) is 1. The summed E-state index contributed by atoms with van der Waals surface area (Å²) in [4.78, 5) is 18.1. The second kappa shape index (κ2) is 12.0. The number of halogens is 1. The van der Waals surface area contributed by atoms with Gasteiger partial charge in [-0.3, -0.25) is 9.79 Å². The number of rotatable bonds is 9. The first-order valence-corrected chi connectivity index (χ1v) is 10.8. The zero-order chi connectivity index (χ0) is 20.5. The second-order valence-electron chi connectivity index (χ2n) is 7.02. The van der Waals surface area contributed by atoms with Gasteiger partial charge in [0.25, 0.3) is 5.91 Å². The lowest BCUT2D eigenvalue weighted by Gasteiger charge is -2.15. The summed E-state index contributed by atoms with van der Waals surface area (Å²) in [7, 11) is 0. The summed E-state index contributed by atoms with van der Waals surface area (Å²) in [5.41, 5.74) is 0.525. The van der Waals surface area contributed by atoms with E-state index in [4.69, 9.17) is 4.99 Å². The number of benzene rings is 2. The molecule has 0 saturated heterocycles. The SMILES string of the molecule is CCNC(=NCC1(Sc2ccccc2)CC1)NCCNC(=O)c1ccc(O)cc1.I. The number of carbonyl (C=O) groups excluding carboxylic acids is 1. The number of nitrogens with one attached hydrogen (secondary N) is 3. The zero-order valence-electron chi connectivity index (χ0n) is 17.1. The van der Waals surface area contributed by atoms with Crippen LogP contribution in [-0.2, 0) is 0 Å². The Kier molecular flexibility index (Phi) is 9.77. The molecule has 0 atom stereocenters. The minimum Gasteiger partial charge on any atom is -0.508 e. The fraction of sp³-hybridized carbons (Fsp3) is 0.364. The van der Waals surface area contributed by atoms with Gasteiger partial charge >= 0.3 is 0 Å². The Morgan fingerprint density at radius 1 is 1.03 bits per heavy atom. The molecule has 1 saturated carbocycles. The van der Waals surface area contributed by atoms with E-state index in [0.29, 0.717) is 18.7 Å². The van der Waals surface area contributed by atoms with Crippen LogP contribution in [0.5, 0.6) is 5.75 Å². The van der Waals surface area contributed by atoms with E-state index in [9.17, 15) is 9.90 Å². The number of phenols is 1. The Bertz CT molecular complexity index is 827. The fourth-order valence-electron chi connectivity index (χ4n) is 2.81. The van der Waals surface area contributed by atoms with Crippen LogP contribution >= 0.6 is 35.7 Å². The Morgan fingerprint density at radius 2 is 1.70 bits per heavy atom. The van der Waals surface area contributed by atoms with E-state index in [-0.39, 0.29) is 40.4 Å². The first-order chi connectivity index (χ1) is 14.1. The summed E-state index contributed by atoms with van der Waals surface area (Å²) in [5, 5.41) is 18.7. The number of carbonyl (C=O) groups is 1. The predicted molar refractivity (Wildman–Crippen MR) is 134 cm³/mol. The number of amides is 1. The molecule has 6 nitrogen and oxygen atoms in total. The Hall–Kier alpha value is -1.94. The monoisotopic (exact) mass is 540 g/mol. The molecular weight excluding hydrogens is 511 g/mol. The zero-order valence-corrected chi connectivity index (χ0v) is 20.2. The van der Waals surface area contributed by atoms with Crippen molar-refractivity contribution < 1.29 is 9.90 Å². The van der Waals surface area contributed by atoms with Gasteiger partial charge in [-0.25, -0.2) is 0 Å². The van der Waals surface area contributed by atoms with Crippen molar-refractivity contribution in [2.45, 2.75) is 29.4 Å². The van der Waals surface area contributed by atoms with Crippen molar-refractivity contribution in [2.24, 2.45) is 4.99 Å². The normalized spacial score (nSPS) is 14.4. The highest BCUT2D eigenvalue weighted by Gasteiger charge is 2.43. The van der Waals surface area contributed by atoms with Crippen molar-refractivity contribution in [1.82, 2.24) is 16.0 Å². The molecule has 3 rings (SSSR count). The number of aromatic hydroxyl groups is 1. The van der Waals surface area contributed by atoms with Crippen molar-refractivity contribution in [2.75, 3.05) is 26.2 Å². The van der Waals surface area contributed by atoms with Gasteiger partial charge in [0, 0.05) is 34.8 Å². The van der Waals surface area contributed by atoms with Crippen molar-refractivity contribution in [3.8, 4) is 5.75 Å². The average Bonchev–Trinajstić information content (AvgIpc) is 3.50. The molecule has 30 heavy (non-hydrogen) atoms. The molecule has 2 aromatic rings. The number of aliphatic imine (C=N–C) groups is 1. The van der Waals surface area contributed by atoms with Gasteiger partial charge in [-0.1, -0.05) is 18.2 Å². The topological polar surface area (TPSA) is 85.8 Å². The molecule has 1 aliphatic rings. The molecule has 0 aromatic heterocycles. The highest BCUT2D eigenvalue weighted by Crippen LogP contribution is 2.51. The first-order valence-electron chi connectivity index (χ1n) is 9.94. The predicted octanol–water partition coefficient (Wildman–Crippen LogP) is 3.62. The number of guanidine groups is 1. The van der Waals surface area contributed by atoms with E-state index in [2.05, 4.69) is 40.2 Å². The first kappa shape index (κ1) is 24.3. The quantitative estimate of drug-likeness (QED) is 0.169. The smallest absolute Gasteiger partial charge is 0.251 e. The van der Waals surface area contributed by atoms with Gasteiger partial charge in [0.2, 0.25) is 0 Å². The van der Waals surface area contributed by atoms with Crippen molar-refractivity contribution in [1.29, 1.82) is 0 Å². The number of phenolic OH excluding ortho intramolecular Hbond substituents is 1. The number of hydrogen-bond donors (Lipinski definition) is 4. The van der Waals surface area contributed by atoms with Crippen LogP contribution in [-0.4, -0.2) is 47.9 Å². The summed E-state index contributed by atoms with van der Waals surface area (Å²) < 4.78 is 0.205. The molecular formula is C22H29IN4O2S. The average molecular weight is 540 g/mol. The summed E-state index contributed by atoms with van der Waals surface area (Å²) >= 11 is 1.91. The lowest BCUT2D eigenvalue weighted by Crippen LogP contribution is -2.42. The van der Waals surface area contributed by atoms with Gasteiger partial charge in [-0.05, 0) is 56.2 Å². The Morgan fingerprint density at radius 3 is 2.33 bits per heavy atom. The largest absolute Gasteiger partial charge is 0.508 e. The lowest BCUT2D eigenvalue weighted by molar-refractivity contribution is 0.0954. The number of thioether (sulfide) groups is 1. The van der Waals surface area contributed by atoms with Crippen LogP contribution in [0, 0.1) is 0 Å². The van der Waals surface area contributed by atoms with Gasteiger partial charge in [-0.15, -0.1) is 35.7 Å². The third-order valence-electron chi connectivity index (χ3n) is 4.59. The molecule has 0 heterocycles. The van der Waals surface area contributed by atoms with Crippen LogP contribution in [0.25, 0.3) is 0 Å². The third-order valence-corrected chi connectivity index (χ3v) is 6.07. The molecule has 0 unspecified atom stereocenters. The molecule has 2 aromatic carbocycles. The van der Waals surface area contributed by atoms with Crippen LogP contribution in [0.15, 0.2) is 64.5 Å². The molecule has 8 heteroatoms. The molecule has 0 spiro atoms. The minimum absolute atomic E-state index is 0. The molecule has 1 aliphatic carbocycles. The highest BCUT2D eigenvalue weighted by molar-refractivity contribution is 14.0. The van der Waals surface area contributed by atoms with Crippen LogP contribution in [0.3, 0.4) is 0 Å². The van der Waals surface area contributed by atoms with E-state index >= 15 is 0 Å². The molecule has 0 bridgehead atoms. The van der Waals surface area contributed by atoms with Crippen LogP contribution in [0.1, 0.15) is 30.1 Å².